The molecule has 0 spiro atoms. The van der Waals surface area contributed by atoms with Crippen molar-refractivity contribution in [2.75, 3.05) is 6.61 Å². The van der Waals surface area contributed by atoms with E-state index >= 15 is 0 Å². The highest BCUT2D eigenvalue weighted by molar-refractivity contribution is 6.33. The van der Waals surface area contributed by atoms with Gasteiger partial charge in [0.05, 0.1) is 11.6 Å². The normalized spacial score (nSPS) is 18.1. The van der Waals surface area contributed by atoms with Gasteiger partial charge < -0.3 is 9.47 Å². The first kappa shape index (κ1) is 24.7. The minimum Gasteiger partial charge on any atom is -0.490 e. The molecule has 1 N–H and O–H groups in total. The molecule has 184 valence electrons. The van der Waals surface area contributed by atoms with Gasteiger partial charge >= 0.3 is 6.03 Å². The zero-order valence-corrected chi connectivity index (χ0v) is 20.1. The average Bonchev–Trinajstić information content (AvgIpc) is 2.82. The largest absolute Gasteiger partial charge is 0.490 e. The zero-order valence-electron chi connectivity index (χ0n) is 19.3. The third kappa shape index (κ3) is 5.65. The van der Waals surface area contributed by atoms with Gasteiger partial charge in [-0.15, -0.1) is 0 Å². The predicted octanol–water partition coefficient (Wildman–Crippen LogP) is 5.25. The molecule has 2 fully saturated rings. The molecule has 4 rings (SSSR count). The van der Waals surface area contributed by atoms with Crippen LogP contribution >= 0.6 is 11.6 Å². The molecule has 1 saturated heterocycles. The Labute approximate surface area is 207 Å². The maximum absolute atomic E-state index is 13.5. The smallest absolute Gasteiger partial charge is 0.331 e. The molecule has 1 aliphatic carbocycles. The van der Waals surface area contributed by atoms with Crippen molar-refractivity contribution in [3.05, 3.63) is 63.9 Å². The third-order valence-corrected chi connectivity index (χ3v) is 6.27. The average molecular weight is 501 g/mol. The Hall–Kier alpha value is -3.39. The van der Waals surface area contributed by atoms with Gasteiger partial charge in [-0.1, -0.05) is 43.0 Å². The van der Waals surface area contributed by atoms with E-state index < -0.39 is 17.8 Å². The van der Waals surface area contributed by atoms with E-state index in [0.29, 0.717) is 23.5 Å². The number of halogens is 2. The molecule has 0 aromatic heterocycles. The molecule has 1 aliphatic heterocycles. The van der Waals surface area contributed by atoms with Gasteiger partial charge in [0.25, 0.3) is 11.8 Å². The number of nitrogens with one attached hydrogen (secondary N) is 1. The van der Waals surface area contributed by atoms with Gasteiger partial charge in [-0.2, -0.15) is 0 Å². The Balaban J connectivity index is 1.62. The van der Waals surface area contributed by atoms with Crippen LogP contribution in [0.2, 0.25) is 5.02 Å². The van der Waals surface area contributed by atoms with Crippen LogP contribution in [-0.4, -0.2) is 35.4 Å². The molecular formula is C26H26ClFN2O5. The first-order valence-corrected chi connectivity index (χ1v) is 12.0. The number of rotatable bonds is 7. The molecule has 1 saturated carbocycles. The maximum atomic E-state index is 13.5. The number of carbonyl (C=O) groups is 3. The summed E-state index contributed by atoms with van der Waals surface area (Å²) in [6, 6.07) is 8.25. The van der Waals surface area contributed by atoms with Crippen molar-refractivity contribution in [3.63, 3.8) is 0 Å². The summed E-state index contributed by atoms with van der Waals surface area (Å²) in [6.07, 6.45) is 5.76. The SMILES string of the molecule is CCOc1cc(C=C2C(=O)NC(=O)N(C3CCCCC3)C2=O)cc(Cl)c1OCc1cccc(F)c1. The van der Waals surface area contributed by atoms with Crippen molar-refractivity contribution in [3.8, 4) is 11.5 Å². The zero-order chi connectivity index (χ0) is 24.9. The van der Waals surface area contributed by atoms with Crippen LogP contribution in [0.15, 0.2) is 42.0 Å². The molecule has 0 bridgehead atoms. The number of carbonyl (C=O) groups excluding carboxylic acids is 3. The third-order valence-electron chi connectivity index (χ3n) is 5.99. The van der Waals surface area contributed by atoms with Crippen LogP contribution in [0.3, 0.4) is 0 Å². The first-order valence-electron chi connectivity index (χ1n) is 11.6. The summed E-state index contributed by atoms with van der Waals surface area (Å²) in [4.78, 5) is 39.3. The fourth-order valence-electron chi connectivity index (χ4n) is 4.37. The summed E-state index contributed by atoms with van der Waals surface area (Å²) in [5.74, 6) is -1.18. The Morgan fingerprint density at radius 2 is 1.89 bits per heavy atom. The highest BCUT2D eigenvalue weighted by Gasteiger charge is 2.40. The number of benzene rings is 2. The topological polar surface area (TPSA) is 84.9 Å². The number of barbiturate groups is 1. The lowest BCUT2D eigenvalue weighted by molar-refractivity contribution is -0.132. The predicted molar refractivity (Wildman–Crippen MR) is 129 cm³/mol. The van der Waals surface area contributed by atoms with Crippen molar-refractivity contribution in [2.45, 2.75) is 51.7 Å². The van der Waals surface area contributed by atoms with Crippen molar-refractivity contribution in [2.24, 2.45) is 0 Å². The molecule has 2 aromatic carbocycles. The van der Waals surface area contributed by atoms with Crippen LogP contribution in [0.25, 0.3) is 6.08 Å². The van der Waals surface area contributed by atoms with E-state index in [1.807, 2.05) is 0 Å². The van der Waals surface area contributed by atoms with Crippen molar-refractivity contribution < 1.29 is 28.2 Å². The summed E-state index contributed by atoms with van der Waals surface area (Å²) in [5, 5.41) is 2.47. The quantitative estimate of drug-likeness (QED) is 0.414. The van der Waals surface area contributed by atoms with E-state index in [0.717, 1.165) is 37.0 Å². The van der Waals surface area contributed by atoms with Crippen LogP contribution in [0.4, 0.5) is 9.18 Å². The summed E-state index contributed by atoms with van der Waals surface area (Å²) < 4.78 is 25.0. The molecule has 2 aliphatic rings. The van der Waals surface area contributed by atoms with Crippen molar-refractivity contribution >= 4 is 35.5 Å². The number of hydrogen-bond donors (Lipinski definition) is 1. The first-order chi connectivity index (χ1) is 16.9. The fourth-order valence-corrected chi connectivity index (χ4v) is 4.64. The van der Waals surface area contributed by atoms with Gasteiger partial charge in [0.2, 0.25) is 0 Å². The molecule has 7 nitrogen and oxygen atoms in total. The van der Waals surface area contributed by atoms with Crippen molar-refractivity contribution in [1.82, 2.24) is 10.2 Å². The number of imide groups is 2. The molecule has 1 heterocycles. The lowest BCUT2D eigenvalue weighted by Crippen LogP contribution is -2.58. The molecule has 0 atom stereocenters. The minimum absolute atomic E-state index is 0.0668. The Morgan fingerprint density at radius 1 is 1.11 bits per heavy atom. The van der Waals surface area contributed by atoms with E-state index in [1.54, 1.807) is 31.2 Å². The number of urea groups is 1. The van der Waals surface area contributed by atoms with Gasteiger partial charge in [-0.05, 0) is 61.2 Å². The Bertz CT molecular complexity index is 1180. The van der Waals surface area contributed by atoms with Gasteiger partial charge in [0, 0.05) is 6.04 Å². The van der Waals surface area contributed by atoms with E-state index in [2.05, 4.69) is 5.32 Å². The second kappa shape index (κ2) is 10.9. The van der Waals surface area contributed by atoms with E-state index in [-0.39, 0.29) is 34.8 Å². The number of hydrogen-bond acceptors (Lipinski definition) is 5. The second-order valence-electron chi connectivity index (χ2n) is 8.47. The lowest BCUT2D eigenvalue weighted by atomic mass is 9.93. The van der Waals surface area contributed by atoms with E-state index in [9.17, 15) is 18.8 Å². The summed E-state index contributed by atoms with van der Waals surface area (Å²) in [5.41, 5.74) is 0.904. The van der Waals surface area contributed by atoms with Gasteiger partial charge in [0.15, 0.2) is 11.5 Å². The summed E-state index contributed by atoms with van der Waals surface area (Å²) in [6.45, 7) is 2.18. The van der Waals surface area contributed by atoms with Crippen LogP contribution in [0.5, 0.6) is 11.5 Å². The van der Waals surface area contributed by atoms with Gasteiger partial charge in [-0.25, -0.2) is 9.18 Å². The Kier molecular flexibility index (Phi) is 7.70. The molecule has 4 amide bonds. The van der Waals surface area contributed by atoms with E-state index in [1.165, 1.54) is 18.2 Å². The molecule has 35 heavy (non-hydrogen) atoms. The summed E-state index contributed by atoms with van der Waals surface area (Å²) >= 11 is 6.47. The highest BCUT2D eigenvalue weighted by atomic mass is 35.5. The molecule has 0 radical (unpaired) electrons. The highest BCUT2D eigenvalue weighted by Crippen LogP contribution is 2.38. The Morgan fingerprint density at radius 3 is 2.60 bits per heavy atom. The number of ether oxygens (including phenoxy) is 2. The van der Waals surface area contributed by atoms with E-state index in [4.69, 9.17) is 21.1 Å². The van der Waals surface area contributed by atoms with Crippen LogP contribution in [0, 0.1) is 5.82 Å². The van der Waals surface area contributed by atoms with Crippen LogP contribution < -0.4 is 14.8 Å². The van der Waals surface area contributed by atoms with Crippen molar-refractivity contribution in [1.29, 1.82) is 0 Å². The molecule has 9 heteroatoms. The van der Waals surface area contributed by atoms with Crippen LogP contribution in [0.1, 0.15) is 50.2 Å². The monoisotopic (exact) mass is 500 g/mol. The molecule has 0 unspecified atom stereocenters. The number of nitrogens with zero attached hydrogens (tertiary/aromatic N) is 1. The number of amides is 4. The fraction of sp³-hybridized carbons (Fsp3) is 0.346. The standard InChI is InChI=1S/C26H26ClFN2O5/c1-2-34-22-14-17(13-21(27)23(22)35-15-16-7-6-8-18(28)11-16)12-20-24(31)29-26(33)30(25(20)32)19-9-4-3-5-10-19/h6-8,11-14,19H,2-5,9-10,15H2,1H3,(H,29,31,33). The van der Waals surface area contributed by atoms with Crippen LogP contribution in [-0.2, 0) is 16.2 Å². The minimum atomic E-state index is -0.757. The molecule has 2 aromatic rings. The second-order valence-corrected chi connectivity index (χ2v) is 8.87. The van der Waals surface area contributed by atoms with Gasteiger partial charge in [-0.3, -0.25) is 19.8 Å². The maximum Gasteiger partial charge on any atom is 0.331 e. The lowest BCUT2D eigenvalue weighted by Gasteiger charge is -2.35. The summed E-state index contributed by atoms with van der Waals surface area (Å²) in [7, 11) is 0. The van der Waals surface area contributed by atoms with Gasteiger partial charge in [0.1, 0.15) is 18.0 Å². The molecular weight excluding hydrogens is 475 g/mol.